The van der Waals surface area contributed by atoms with Crippen LogP contribution in [0.3, 0.4) is 0 Å². The summed E-state index contributed by atoms with van der Waals surface area (Å²) in [5.41, 5.74) is 0.802. The standard InChI is InChI=1S/C10H12N2/c1-8(2)4-5-10-6-7-11-9(3)12-10/h6-8H,1-3H3. The molecule has 12 heavy (non-hydrogen) atoms. The minimum Gasteiger partial charge on any atom is -0.242 e. The Kier molecular flexibility index (Phi) is 2.82. The summed E-state index contributed by atoms with van der Waals surface area (Å²) in [6, 6.07) is 1.82. The minimum atomic E-state index is 0.389. The second kappa shape index (κ2) is 3.87. The first kappa shape index (κ1) is 8.73. The van der Waals surface area contributed by atoms with Crippen molar-refractivity contribution in [2.75, 3.05) is 0 Å². The molecule has 62 valence electrons. The first-order valence-electron chi connectivity index (χ1n) is 3.99. The van der Waals surface area contributed by atoms with E-state index >= 15 is 0 Å². The van der Waals surface area contributed by atoms with Crippen molar-refractivity contribution in [3.8, 4) is 11.8 Å². The zero-order valence-corrected chi connectivity index (χ0v) is 7.63. The van der Waals surface area contributed by atoms with Gasteiger partial charge in [-0.1, -0.05) is 19.8 Å². The molecule has 0 unspecified atom stereocenters. The Balaban J connectivity index is 2.85. The molecule has 0 atom stereocenters. The van der Waals surface area contributed by atoms with E-state index in [0.29, 0.717) is 5.92 Å². The van der Waals surface area contributed by atoms with Crippen LogP contribution in [0, 0.1) is 24.7 Å². The molecule has 0 saturated heterocycles. The Morgan fingerprint density at radius 2 is 2.17 bits per heavy atom. The summed E-state index contributed by atoms with van der Waals surface area (Å²) in [4.78, 5) is 8.15. The van der Waals surface area contributed by atoms with Gasteiger partial charge in [-0.2, -0.15) is 0 Å². The summed E-state index contributed by atoms with van der Waals surface area (Å²) < 4.78 is 0. The number of aryl methyl sites for hydroxylation is 1. The Labute approximate surface area is 73.1 Å². The zero-order valence-electron chi connectivity index (χ0n) is 7.63. The molecule has 1 aromatic rings. The number of rotatable bonds is 0. The quantitative estimate of drug-likeness (QED) is 0.541. The molecule has 1 heterocycles. The fourth-order valence-corrected chi connectivity index (χ4v) is 0.744. The second-order valence-electron chi connectivity index (χ2n) is 2.91. The molecule has 1 rings (SSSR count). The van der Waals surface area contributed by atoms with E-state index < -0.39 is 0 Å². The van der Waals surface area contributed by atoms with Crippen LogP contribution in [0.4, 0.5) is 0 Å². The van der Waals surface area contributed by atoms with Gasteiger partial charge in [-0.25, -0.2) is 9.97 Å². The Bertz CT molecular complexity index is 318. The maximum Gasteiger partial charge on any atom is 0.126 e. The largest absolute Gasteiger partial charge is 0.242 e. The van der Waals surface area contributed by atoms with E-state index in [2.05, 4.69) is 35.7 Å². The van der Waals surface area contributed by atoms with Gasteiger partial charge in [-0.15, -0.1) is 0 Å². The van der Waals surface area contributed by atoms with Crippen molar-refractivity contribution in [2.45, 2.75) is 20.8 Å². The summed E-state index contributed by atoms with van der Waals surface area (Å²) in [7, 11) is 0. The van der Waals surface area contributed by atoms with Crippen LogP contribution < -0.4 is 0 Å². The smallest absolute Gasteiger partial charge is 0.126 e. The molecule has 2 nitrogen and oxygen atoms in total. The van der Waals surface area contributed by atoms with Gasteiger partial charge in [0.1, 0.15) is 11.5 Å². The van der Waals surface area contributed by atoms with Crippen LogP contribution in [0.15, 0.2) is 12.3 Å². The molecule has 0 aliphatic rings. The average Bonchev–Trinajstić information content (AvgIpc) is 2.01. The summed E-state index contributed by atoms with van der Waals surface area (Å²) in [5, 5.41) is 0. The first-order valence-corrected chi connectivity index (χ1v) is 3.99. The van der Waals surface area contributed by atoms with Crippen molar-refractivity contribution in [3.05, 3.63) is 23.8 Å². The third kappa shape index (κ3) is 2.71. The van der Waals surface area contributed by atoms with Gasteiger partial charge in [-0.05, 0) is 18.9 Å². The normalized spacial score (nSPS) is 9.33. The van der Waals surface area contributed by atoms with E-state index in [1.807, 2.05) is 13.0 Å². The Hall–Kier alpha value is -1.36. The highest BCUT2D eigenvalue weighted by Crippen LogP contribution is 1.93. The number of hydrogen-bond acceptors (Lipinski definition) is 2. The topological polar surface area (TPSA) is 25.8 Å². The molecule has 0 saturated carbocycles. The van der Waals surface area contributed by atoms with E-state index in [-0.39, 0.29) is 0 Å². The van der Waals surface area contributed by atoms with Crippen LogP contribution in [0.25, 0.3) is 0 Å². The van der Waals surface area contributed by atoms with Crippen molar-refractivity contribution < 1.29 is 0 Å². The highest BCUT2D eigenvalue weighted by Gasteiger charge is 1.89. The summed E-state index contributed by atoms with van der Waals surface area (Å²) in [6.07, 6.45) is 1.73. The van der Waals surface area contributed by atoms with E-state index in [1.165, 1.54) is 0 Å². The highest BCUT2D eigenvalue weighted by molar-refractivity contribution is 5.26. The number of hydrogen-bond donors (Lipinski definition) is 0. The molecule has 2 heteroatoms. The molecule has 0 amide bonds. The summed E-state index contributed by atoms with van der Waals surface area (Å²) in [5.74, 6) is 7.19. The predicted octanol–water partition coefficient (Wildman–Crippen LogP) is 1.79. The molecular formula is C10H12N2. The Morgan fingerprint density at radius 1 is 1.42 bits per heavy atom. The minimum absolute atomic E-state index is 0.389. The van der Waals surface area contributed by atoms with E-state index in [0.717, 1.165) is 11.5 Å². The van der Waals surface area contributed by atoms with Crippen molar-refractivity contribution in [1.29, 1.82) is 0 Å². The van der Waals surface area contributed by atoms with Gasteiger partial charge in [0.15, 0.2) is 0 Å². The van der Waals surface area contributed by atoms with E-state index in [4.69, 9.17) is 0 Å². The van der Waals surface area contributed by atoms with Gasteiger partial charge >= 0.3 is 0 Å². The lowest BCUT2D eigenvalue weighted by molar-refractivity contribution is 0.866. The highest BCUT2D eigenvalue weighted by atomic mass is 14.9. The van der Waals surface area contributed by atoms with Crippen LogP contribution in [0.2, 0.25) is 0 Å². The van der Waals surface area contributed by atoms with Gasteiger partial charge in [0.05, 0.1) is 0 Å². The molecule has 0 bridgehead atoms. The molecule has 1 aromatic heterocycles. The van der Waals surface area contributed by atoms with E-state index in [1.54, 1.807) is 6.20 Å². The van der Waals surface area contributed by atoms with Crippen molar-refractivity contribution in [1.82, 2.24) is 9.97 Å². The van der Waals surface area contributed by atoms with E-state index in [9.17, 15) is 0 Å². The van der Waals surface area contributed by atoms with Gasteiger partial charge in [0, 0.05) is 12.1 Å². The lowest BCUT2D eigenvalue weighted by Gasteiger charge is -1.91. The van der Waals surface area contributed by atoms with Crippen molar-refractivity contribution >= 4 is 0 Å². The van der Waals surface area contributed by atoms with Crippen LogP contribution in [-0.4, -0.2) is 9.97 Å². The predicted molar refractivity (Wildman–Crippen MR) is 48.5 cm³/mol. The van der Waals surface area contributed by atoms with Crippen LogP contribution in [0.5, 0.6) is 0 Å². The fraction of sp³-hybridized carbons (Fsp3) is 0.400. The van der Waals surface area contributed by atoms with Crippen molar-refractivity contribution in [3.63, 3.8) is 0 Å². The molecule has 0 aromatic carbocycles. The molecule has 0 radical (unpaired) electrons. The molecule has 0 N–H and O–H groups in total. The molecular weight excluding hydrogens is 148 g/mol. The maximum atomic E-state index is 4.16. The van der Waals surface area contributed by atoms with Gasteiger partial charge in [-0.3, -0.25) is 0 Å². The monoisotopic (exact) mass is 160 g/mol. The lowest BCUT2D eigenvalue weighted by Crippen LogP contribution is -1.89. The summed E-state index contributed by atoms with van der Waals surface area (Å²) >= 11 is 0. The zero-order chi connectivity index (χ0) is 8.97. The van der Waals surface area contributed by atoms with Crippen LogP contribution in [-0.2, 0) is 0 Å². The van der Waals surface area contributed by atoms with Crippen LogP contribution >= 0.6 is 0 Å². The third-order valence-corrected chi connectivity index (χ3v) is 1.26. The number of nitrogens with zero attached hydrogens (tertiary/aromatic N) is 2. The third-order valence-electron chi connectivity index (χ3n) is 1.26. The average molecular weight is 160 g/mol. The van der Waals surface area contributed by atoms with Gasteiger partial charge in [0.2, 0.25) is 0 Å². The molecule has 0 aliphatic carbocycles. The SMILES string of the molecule is Cc1nccc(C#CC(C)C)n1. The molecule has 0 spiro atoms. The van der Waals surface area contributed by atoms with Gasteiger partial charge in [0.25, 0.3) is 0 Å². The molecule has 0 aliphatic heterocycles. The lowest BCUT2D eigenvalue weighted by atomic mass is 10.2. The Morgan fingerprint density at radius 3 is 2.75 bits per heavy atom. The van der Waals surface area contributed by atoms with Gasteiger partial charge < -0.3 is 0 Å². The maximum absolute atomic E-state index is 4.16. The molecule has 0 fully saturated rings. The van der Waals surface area contributed by atoms with Crippen LogP contribution in [0.1, 0.15) is 25.4 Å². The fourth-order valence-electron chi connectivity index (χ4n) is 0.744. The first-order chi connectivity index (χ1) is 5.68. The summed E-state index contributed by atoms with van der Waals surface area (Å²) in [6.45, 7) is 5.97. The second-order valence-corrected chi connectivity index (χ2v) is 2.91. The number of aromatic nitrogens is 2. The van der Waals surface area contributed by atoms with Crippen molar-refractivity contribution in [2.24, 2.45) is 5.92 Å².